The largest absolute Gasteiger partial charge is 0.348 e. The maximum atomic E-state index is 12.2. The molecule has 0 radical (unpaired) electrons. The Kier molecular flexibility index (Phi) is 2.95. The second-order valence-electron chi connectivity index (χ2n) is 5.61. The monoisotopic (exact) mass is 236 g/mol. The summed E-state index contributed by atoms with van der Waals surface area (Å²) in [5.74, 6) is 0.968. The second kappa shape index (κ2) is 4.14. The van der Waals surface area contributed by atoms with E-state index in [1.54, 1.807) is 17.0 Å². The zero-order valence-electron chi connectivity index (χ0n) is 10.7. The molecule has 2 rings (SSSR count). The Morgan fingerprint density at radius 3 is 2.71 bits per heavy atom. The summed E-state index contributed by atoms with van der Waals surface area (Å²) in [5, 5.41) is 0. The van der Waals surface area contributed by atoms with Crippen molar-refractivity contribution in [1.82, 2.24) is 9.55 Å². The van der Waals surface area contributed by atoms with Gasteiger partial charge in [-0.25, -0.2) is 4.98 Å². The van der Waals surface area contributed by atoms with E-state index in [1.807, 2.05) is 11.8 Å². The average molecular weight is 236 g/mol. The highest BCUT2D eigenvalue weighted by Gasteiger charge is 2.36. The normalized spacial score (nSPS) is 18.3. The van der Waals surface area contributed by atoms with Crippen LogP contribution in [0.25, 0.3) is 0 Å². The van der Waals surface area contributed by atoms with Gasteiger partial charge in [0, 0.05) is 37.6 Å². The molecule has 17 heavy (non-hydrogen) atoms. The van der Waals surface area contributed by atoms with Gasteiger partial charge in [-0.3, -0.25) is 4.79 Å². The molecule has 0 amide bonds. The van der Waals surface area contributed by atoms with Crippen LogP contribution in [0.1, 0.15) is 20.8 Å². The predicted octanol–water partition coefficient (Wildman–Crippen LogP) is 0.437. The third-order valence-corrected chi connectivity index (χ3v) is 2.86. The summed E-state index contributed by atoms with van der Waals surface area (Å²) in [6, 6.07) is 0. The van der Waals surface area contributed by atoms with Gasteiger partial charge in [0.05, 0.1) is 0 Å². The van der Waals surface area contributed by atoms with Crippen LogP contribution in [0.3, 0.4) is 0 Å². The van der Waals surface area contributed by atoms with Crippen LogP contribution >= 0.6 is 0 Å². The Morgan fingerprint density at radius 1 is 1.53 bits per heavy atom. The first-order valence-electron chi connectivity index (χ1n) is 5.98. The second-order valence-corrected chi connectivity index (χ2v) is 5.61. The van der Waals surface area contributed by atoms with Crippen molar-refractivity contribution in [2.45, 2.75) is 32.9 Å². The van der Waals surface area contributed by atoms with Crippen molar-refractivity contribution < 1.29 is 0 Å². The van der Waals surface area contributed by atoms with E-state index >= 15 is 0 Å². The zero-order chi connectivity index (χ0) is 12.6. The molecule has 5 heteroatoms. The molecule has 1 aromatic rings. The first kappa shape index (κ1) is 12.1. The standard InChI is InChI=1S/C12H20N4O/c1-9(2)6-15-5-4-14-10(11(15)17)16-7-12(3,13)8-16/h4-5,9H,6-8,13H2,1-3H3. The molecule has 0 saturated carbocycles. The molecule has 0 atom stereocenters. The van der Waals surface area contributed by atoms with Crippen LogP contribution in [0.5, 0.6) is 0 Å². The van der Waals surface area contributed by atoms with Gasteiger partial charge in [0.2, 0.25) is 0 Å². The zero-order valence-corrected chi connectivity index (χ0v) is 10.7. The summed E-state index contributed by atoms with van der Waals surface area (Å²) in [4.78, 5) is 18.3. The average Bonchev–Trinajstić information content (AvgIpc) is 2.17. The highest BCUT2D eigenvalue weighted by Crippen LogP contribution is 2.20. The van der Waals surface area contributed by atoms with Crippen molar-refractivity contribution in [1.29, 1.82) is 0 Å². The van der Waals surface area contributed by atoms with Gasteiger partial charge in [0.1, 0.15) is 0 Å². The molecule has 2 heterocycles. The van der Waals surface area contributed by atoms with Crippen LogP contribution in [-0.4, -0.2) is 28.2 Å². The molecule has 1 fully saturated rings. The Bertz CT molecular complexity index is 456. The van der Waals surface area contributed by atoms with Crippen molar-refractivity contribution in [2.75, 3.05) is 18.0 Å². The van der Waals surface area contributed by atoms with Gasteiger partial charge < -0.3 is 15.2 Å². The van der Waals surface area contributed by atoms with Gasteiger partial charge in [-0.05, 0) is 12.8 Å². The van der Waals surface area contributed by atoms with Crippen molar-refractivity contribution in [3.8, 4) is 0 Å². The minimum absolute atomic E-state index is 0.0169. The molecule has 0 bridgehead atoms. The van der Waals surface area contributed by atoms with Crippen LogP contribution < -0.4 is 16.2 Å². The van der Waals surface area contributed by atoms with Gasteiger partial charge in [0.25, 0.3) is 5.56 Å². The van der Waals surface area contributed by atoms with Gasteiger partial charge in [-0.15, -0.1) is 0 Å². The smallest absolute Gasteiger partial charge is 0.293 e. The van der Waals surface area contributed by atoms with Crippen molar-refractivity contribution in [3.63, 3.8) is 0 Å². The lowest BCUT2D eigenvalue weighted by molar-refractivity contribution is 0.360. The van der Waals surface area contributed by atoms with E-state index in [2.05, 4.69) is 18.8 Å². The van der Waals surface area contributed by atoms with E-state index in [-0.39, 0.29) is 11.1 Å². The number of anilines is 1. The van der Waals surface area contributed by atoms with Crippen molar-refractivity contribution in [2.24, 2.45) is 11.7 Å². The Labute approximate surface area is 101 Å². The molecule has 0 spiro atoms. The van der Waals surface area contributed by atoms with Crippen molar-refractivity contribution >= 4 is 5.82 Å². The lowest BCUT2D eigenvalue weighted by Crippen LogP contribution is -2.66. The highest BCUT2D eigenvalue weighted by molar-refractivity contribution is 5.42. The summed E-state index contributed by atoms with van der Waals surface area (Å²) in [6.07, 6.45) is 3.43. The third-order valence-electron chi connectivity index (χ3n) is 2.86. The minimum atomic E-state index is -0.188. The lowest BCUT2D eigenvalue weighted by atomic mass is 9.94. The van der Waals surface area contributed by atoms with Gasteiger partial charge in [-0.1, -0.05) is 13.8 Å². The van der Waals surface area contributed by atoms with E-state index in [0.29, 0.717) is 24.8 Å². The Morgan fingerprint density at radius 2 is 2.18 bits per heavy atom. The van der Waals surface area contributed by atoms with Gasteiger partial charge in [-0.2, -0.15) is 0 Å². The van der Waals surface area contributed by atoms with E-state index in [9.17, 15) is 4.79 Å². The van der Waals surface area contributed by atoms with E-state index < -0.39 is 0 Å². The molecule has 5 nitrogen and oxygen atoms in total. The fourth-order valence-electron chi connectivity index (χ4n) is 2.17. The van der Waals surface area contributed by atoms with Crippen LogP contribution in [0.2, 0.25) is 0 Å². The van der Waals surface area contributed by atoms with Gasteiger partial charge >= 0.3 is 0 Å². The summed E-state index contributed by atoms with van der Waals surface area (Å²) in [5.41, 5.74) is 5.74. The number of nitrogens with zero attached hydrogens (tertiary/aromatic N) is 3. The number of nitrogens with two attached hydrogens (primary N) is 1. The number of aromatic nitrogens is 2. The van der Waals surface area contributed by atoms with Crippen LogP contribution in [-0.2, 0) is 6.54 Å². The molecular formula is C12H20N4O. The molecule has 1 aromatic heterocycles. The maximum absolute atomic E-state index is 12.2. The summed E-state index contributed by atoms with van der Waals surface area (Å²) < 4.78 is 1.72. The highest BCUT2D eigenvalue weighted by atomic mass is 16.1. The molecular weight excluding hydrogens is 216 g/mol. The third kappa shape index (κ3) is 2.49. The fourth-order valence-corrected chi connectivity index (χ4v) is 2.17. The first-order chi connectivity index (χ1) is 7.89. The molecule has 0 unspecified atom stereocenters. The summed E-state index contributed by atoms with van der Waals surface area (Å²) in [7, 11) is 0. The first-order valence-corrected chi connectivity index (χ1v) is 5.98. The van der Waals surface area contributed by atoms with Crippen LogP contribution in [0.15, 0.2) is 17.2 Å². The Balaban J connectivity index is 2.22. The molecule has 0 aliphatic carbocycles. The fraction of sp³-hybridized carbons (Fsp3) is 0.667. The number of hydrogen-bond donors (Lipinski definition) is 1. The molecule has 1 aliphatic rings. The Hall–Kier alpha value is -1.36. The molecule has 2 N–H and O–H groups in total. The van der Waals surface area contributed by atoms with Crippen LogP contribution in [0.4, 0.5) is 5.82 Å². The molecule has 1 saturated heterocycles. The topological polar surface area (TPSA) is 64.2 Å². The minimum Gasteiger partial charge on any atom is -0.348 e. The van der Waals surface area contributed by atoms with E-state index in [4.69, 9.17) is 5.73 Å². The molecule has 1 aliphatic heterocycles. The van der Waals surface area contributed by atoms with E-state index in [0.717, 1.165) is 6.54 Å². The summed E-state index contributed by atoms with van der Waals surface area (Å²) >= 11 is 0. The number of rotatable bonds is 3. The predicted molar refractivity (Wildman–Crippen MR) is 68.1 cm³/mol. The SMILES string of the molecule is CC(C)Cn1ccnc(N2CC(C)(N)C2)c1=O. The lowest BCUT2D eigenvalue weighted by Gasteiger charge is -2.45. The quantitative estimate of drug-likeness (QED) is 0.827. The molecule has 0 aromatic carbocycles. The maximum Gasteiger partial charge on any atom is 0.293 e. The van der Waals surface area contributed by atoms with E-state index in [1.165, 1.54) is 0 Å². The van der Waals surface area contributed by atoms with Crippen LogP contribution in [0, 0.1) is 5.92 Å². The molecule has 94 valence electrons. The summed E-state index contributed by atoms with van der Waals surface area (Å²) in [6.45, 7) is 8.28. The van der Waals surface area contributed by atoms with Gasteiger partial charge in [0.15, 0.2) is 5.82 Å². The van der Waals surface area contributed by atoms with Crippen molar-refractivity contribution in [3.05, 3.63) is 22.7 Å². The number of hydrogen-bond acceptors (Lipinski definition) is 4.